The summed E-state index contributed by atoms with van der Waals surface area (Å²) in [6.07, 6.45) is 4.22. The zero-order chi connectivity index (χ0) is 17.2. The second kappa shape index (κ2) is 8.49. The maximum absolute atomic E-state index is 12.9. The van der Waals surface area contributed by atoms with Crippen LogP contribution in [0.2, 0.25) is 0 Å². The fraction of sp³-hybridized carbons (Fsp3) is 0.588. The molecule has 25 heavy (non-hydrogen) atoms. The SMILES string of the molecule is COC(=O)c1ccccc1S(=O)(=O)N1CCC(NCC2CC2)CC1.Cl. The van der Waals surface area contributed by atoms with Crippen LogP contribution in [0.4, 0.5) is 0 Å². The number of hydrogen-bond acceptors (Lipinski definition) is 5. The molecule has 0 amide bonds. The Balaban J connectivity index is 0.00000225. The van der Waals surface area contributed by atoms with Crippen molar-refractivity contribution in [2.75, 3.05) is 26.7 Å². The van der Waals surface area contributed by atoms with Gasteiger partial charge in [-0.1, -0.05) is 12.1 Å². The van der Waals surface area contributed by atoms with E-state index in [4.69, 9.17) is 4.74 Å². The molecule has 3 rings (SSSR count). The van der Waals surface area contributed by atoms with Gasteiger partial charge in [0.25, 0.3) is 0 Å². The van der Waals surface area contributed by atoms with E-state index in [-0.39, 0.29) is 22.9 Å². The van der Waals surface area contributed by atoms with E-state index in [0.29, 0.717) is 19.1 Å². The Bertz CT molecular complexity index is 698. The van der Waals surface area contributed by atoms with Crippen molar-refractivity contribution in [2.45, 2.75) is 36.6 Å². The number of sulfonamides is 1. The van der Waals surface area contributed by atoms with Crippen molar-refractivity contribution in [1.82, 2.24) is 9.62 Å². The summed E-state index contributed by atoms with van der Waals surface area (Å²) < 4.78 is 32.0. The van der Waals surface area contributed by atoms with E-state index >= 15 is 0 Å². The summed E-state index contributed by atoms with van der Waals surface area (Å²) in [6.45, 7) is 1.99. The molecular formula is C17H25ClN2O4S. The lowest BCUT2D eigenvalue weighted by atomic mass is 10.1. The first-order chi connectivity index (χ1) is 11.5. The van der Waals surface area contributed by atoms with E-state index in [9.17, 15) is 13.2 Å². The summed E-state index contributed by atoms with van der Waals surface area (Å²) in [4.78, 5) is 11.9. The fourth-order valence-electron chi connectivity index (χ4n) is 3.06. The summed E-state index contributed by atoms with van der Waals surface area (Å²) in [5.74, 6) is 0.189. The minimum Gasteiger partial charge on any atom is -0.465 e. The van der Waals surface area contributed by atoms with Gasteiger partial charge in [-0.25, -0.2) is 13.2 Å². The lowest BCUT2D eigenvalue weighted by Gasteiger charge is -2.32. The second-order valence-corrected chi connectivity index (χ2v) is 8.42. The Kier molecular flexibility index (Phi) is 6.85. The molecule has 1 N–H and O–H groups in total. The minimum atomic E-state index is -3.69. The smallest absolute Gasteiger partial charge is 0.339 e. The molecule has 0 atom stereocenters. The third-order valence-corrected chi connectivity index (χ3v) is 6.71. The van der Waals surface area contributed by atoms with Crippen molar-refractivity contribution in [1.29, 1.82) is 0 Å². The molecule has 6 nitrogen and oxygen atoms in total. The Morgan fingerprint density at radius 3 is 2.44 bits per heavy atom. The third-order valence-electron chi connectivity index (χ3n) is 4.76. The molecule has 0 spiro atoms. The lowest BCUT2D eigenvalue weighted by Crippen LogP contribution is -2.45. The molecule has 0 aromatic heterocycles. The molecule has 1 saturated carbocycles. The topological polar surface area (TPSA) is 75.7 Å². The van der Waals surface area contributed by atoms with Crippen molar-refractivity contribution in [3.8, 4) is 0 Å². The molecule has 1 aromatic carbocycles. The molecule has 1 aliphatic carbocycles. The number of piperidine rings is 1. The number of esters is 1. The van der Waals surface area contributed by atoms with Gasteiger partial charge in [-0.05, 0) is 50.3 Å². The average molecular weight is 389 g/mol. The largest absolute Gasteiger partial charge is 0.465 e. The van der Waals surface area contributed by atoms with Crippen LogP contribution < -0.4 is 5.32 Å². The van der Waals surface area contributed by atoms with Gasteiger partial charge in [-0.15, -0.1) is 12.4 Å². The molecule has 1 aromatic rings. The molecule has 0 radical (unpaired) electrons. The highest BCUT2D eigenvalue weighted by Gasteiger charge is 2.32. The lowest BCUT2D eigenvalue weighted by molar-refractivity contribution is 0.0596. The maximum atomic E-state index is 12.9. The summed E-state index contributed by atoms with van der Waals surface area (Å²) in [7, 11) is -2.43. The van der Waals surface area contributed by atoms with Gasteiger partial charge in [0, 0.05) is 19.1 Å². The van der Waals surface area contributed by atoms with E-state index in [2.05, 4.69) is 5.32 Å². The number of nitrogens with one attached hydrogen (secondary N) is 1. The van der Waals surface area contributed by atoms with E-state index in [1.165, 1.54) is 36.4 Å². The standard InChI is InChI=1S/C17H24N2O4S.ClH/c1-23-17(20)15-4-2-3-5-16(15)24(21,22)19-10-8-14(9-11-19)18-12-13-6-7-13;/h2-5,13-14,18H,6-12H2,1H3;1H. The second-order valence-electron chi connectivity index (χ2n) is 6.52. The Morgan fingerprint density at radius 1 is 1.20 bits per heavy atom. The van der Waals surface area contributed by atoms with Crippen LogP contribution in [0.1, 0.15) is 36.0 Å². The predicted molar refractivity (Wildman–Crippen MR) is 97.5 cm³/mol. The van der Waals surface area contributed by atoms with Gasteiger partial charge < -0.3 is 10.1 Å². The number of nitrogens with zero attached hydrogens (tertiary/aromatic N) is 1. The van der Waals surface area contributed by atoms with Gasteiger partial charge in [-0.2, -0.15) is 4.31 Å². The van der Waals surface area contributed by atoms with Crippen LogP contribution in [0.3, 0.4) is 0 Å². The minimum absolute atomic E-state index is 0. The normalized spacial score (nSPS) is 19.2. The molecule has 0 bridgehead atoms. The van der Waals surface area contributed by atoms with Gasteiger partial charge in [0.2, 0.25) is 10.0 Å². The van der Waals surface area contributed by atoms with Crippen LogP contribution in [0.15, 0.2) is 29.2 Å². The molecule has 1 heterocycles. The quantitative estimate of drug-likeness (QED) is 0.755. The van der Waals surface area contributed by atoms with E-state index in [1.807, 2.05) is 0 Å². The number of carbonyl (C=O) groups excluding carboxylic acids is 1. The van der Waals surface area contributed by atoms with Crippen LogP contribution in [-0.4, -0.2) is 51.5 Å². The van der Waals surface area contributed by atoms with E-state index < -0.39 is 16.0 Å². The van der Waals surface area contributed by atoms with Crippen molar-refractivity contribution in [3.05, 3.63) is 29.8 Å². The van der Waals surface area contributed by atoms with Crippen LogP contribution in [0, 0.1) is 5.92 Å². The monoisotopic (exact) mass is 388 g/mol. The summed E-state index contributed by atoms with van der Waals surface area (Å²) in [5, 5.41) is 3.54. The number of hydrogen-bond donors (Lipinski definition) is 1. The summed E-state index contributed by atoms with van der Waals surface area (Å²) in [5.41, 5.74) is 0.0916. The molecule has 8 heteroatoms. The number of ether oxygens (including phenoxy) is 1. The highest BCUT2D eigenvalue weighted by molar-refractivity contribution is 7.89. The van der Waals surface area contributed by atoms with Crippen LogP contribution in [0.5, 0.6) is 0 Å². The molecular weight excluding hydrogens is 364 g/mol. The first-order valence-corrected chi connectivity index (χ1v) is 9.87. The van der Waals surface area contributed by atoms with E-state index in [1.54, 1.807) is 12.1 Å². The number of rotatable bonds is 6. The highest BCUT2D eigenvalue weighted by atomic mass is 35.5. The predicted octanol–water partition coefficient (Wildman–Crippen LogP) is 2.05. The Morgan fingerprint density at radius 2 is 1.84 bits per heavy atom. The van der Waals surface area contributed by atoms with Crippen LogP contribution in [0.25, 0.3) is 0 Å². The van der Waals surface area contributed by atoms with Gasteiger partial charge in [0.15, 0.2) is 0 Å². The summed E-state index contributed by atoms with van der Waals surface area (Å²) >= 11 is 0. The summed E-state index contributed by atoms with van der Waals surface area (Å²) in [6, 6.07) is 6.61. The average Bonchev–Trinajstić information content (AvgIpc) is 3.44. The van der Waals surface area contributed by atoms with Gasteiger partial charge in [0.05, 0.1) is 17.6 Å². The van der Waals surface area contributed by atoms with Crippen molar-refractivity contribution >= 4 is 28.4 Å². The van der Waals surface area contributed by atoms with Gasteiger partial charge >= 0.3 is 5.97 Å². The molecule has 1 aliphatic heterocycles. The van der Waals surface area contributed by atoms with Gasteiger partial charge in [0.1, 0.15) is 0 Å². The van der Waals surface area contributed by atoms with Gasteiger partial charge in [-0.3, -0.25) is 0 Å². The Labute approximate surface area is 155 Å². The molecule has 0 unspecified atom stereocenters. The Hall–Kier alpha value is -1.15. The van der Waals surface area contributed by atoms with Crippen molar-refractivity contribution in [2.24, 2.45) is 5.92 Å². The first-order valence-electron chi connectivity index (χ1n) is 8.43. The first kappa shape index (κ1) is 20.2. The number of carbonyl (C=O) groups is 1. The maximum Gasteiger partial charge on any atom is 0.339 e. The van der Waals surface area contributed by atoms with Crippen molar-refractivity contribution in [3.63, 3.8) is 0 Å². The molecule has 140 valence electrons. The molecule has 2 fully saturated rings. The number of halogens is 1. The zero-order valence-electron chi connectivity index (χ0n) is 14.3. The number of benzene rings is 1. The molecule has 2 aliphatic rings. The third kappa shape index (κ3) is 4.73. The number of methoxy groups -OCH3 is 1. The molecule has 1 saturated heterocycles. The highest BCUT2D eigenvalue weighted by Crippen LogP contribution is 2.28. The zero-order valence-corrected chi connectivity index (χ0v) is 15.9. The van der Waals surface area contributed by atoms with Crippen LogP contribution in [-0.2, 0) is 14.8 Å². The van der Waals surface area contributed by atoms with Crippen molar-refractivity contribution < 1.29 is 17.9 Å². The van der Waals surface area contributed by atoms with Crippen LogP contribution >= 0.6 is 12.4 Å². The fourth-order valence-corrected chi connectivity index (χ4v) is 4.71. The van der Waals surface area contributed by atoms with E-state index in [0.717, 1.165) is 25.3 Å².